The molecule has 1 amide bonds. The highest BCUT2D eigenvalue weighted by atomic mass is 19.1. The summed E-state index contributed by atoms with van der Waals surface area (Å²) in [4.78, 5) is 21.7. The van der Waals surface area contributed by atoms with E-state index < -0.39 is 5.41 Å². The maximum atomic E-state index is 13.1. The lowest BCUT2D eigenvalue weighted by molar-refractivity contribution is -0.117. The molecule has 5 nitrogen and oxygen atoms in total. The van der Waals surface area contributed by atoms with Crippen LogP contribution in [-0.4, -0.2) is 22.5 Å². The molecule has 0 aliphatic heterocycles. The monoisotopic (exact) mass is 405 g/mol. The molecule has 0 spiro atoms. The molecule has 1 aliphatic rings. The van der Waals surface area contributed by atoms with Crippen molar-refractivity contribution in [3.05, 3.63) is 83.7 Å². The molecule has 2 atom stereocenters. The third-order valence-corrected chi connectivity index (χ3v) is 5.62. The van der Waals surface area contributed by atoms with E-state index in [1.165, 1.54) is 12.1 Å². The molecule has 1 fully saturated rings. The number of benzene rings is 2. The number of ether oxygens (including phenoxy) is 1. The fraction of sp³-hybridized carbons (Fsp3) is 0.292. The van der Waals surface area contributed by atoms with Crippen molar-refractivity contribution in [3.63, 3.8) is 0 Å². The van der Waals surface area contributed by atoms with Crippen LogP contribution >= 0.6 is 0 Å². The van der Waals surface area contributed by atoms with Crippen molar-refractivity contribution in [2.24, 2.45) is 5.92 Å². The Labute approximate surface area is 175 Å². The third-order valence-electron chi connectivity index (χ3n) is 5.62. The molecule has 154 valence electrons. The summed E-state index contributed by atoms with van der Waals surface area (Å²) in [5, 5.41) is 2.90. The lowest BCUT2D eigenvalue weighted by atomic mass is 9.93. The van der Waals surface area contributed by atoms with Crippen LogP contribution in [0.4, 0.5) is 10.1 Å². The number of amides is 1. The Kier molecular flexibility index (Phi) is 5.48. The van der Waals surface area contributed by atoms with Crippen molar-refractivity contribution in [3.8, 4) is 5.75 Å². The smallest absolute Gasteiger partial charge is 0.228 e. The SMILES string of the molecule is CCc1nc(C)ncc1OC[C@@]1(c2ccccc2)CC1C(=O)Nc1ccc(F)cc1. The van der Waals surface area contributed by atoms with Gasteiger partial charge in [0.05, 0.1) is 24.4 Å². The molecule has 30 heavy (non-hydrogen) atoms. The van der Waals surface area contributed by atoms with Crippen molar-refractivity contribution in [2.75, 3.05) is 11.9 Å². The number of hydrogen-bond acceptors (Lipinski definition) is 4. The average molecular weight is 405 g/mol. The summed E-state index contributed by atoms with van der Waals surface area (Å²) in [6, 6.07) is 15.7. The number of rotatable bonds is 7. The Hall–Kier alpha value is -3.28. The minimum atomic E-state index is -0.415. The Bertz CT molecular complexity index is 1040. The molecular weight excluding hydrogens is 381 g/mol. The number of nitrogens with one attached hydrogen (secondary N) is 1. The summed E-state index contributed by atoms with van der Waals surface area (Å²) in [5.74, 6) is 0.702. The van der Waals surface area contributed by atoms with Gasteiger partial charge < -0.3 is 10.1 Å². The van der Waals surface area contributed by atoms with Gasteiger partial charge in [-0.15, -0.1) is 0 Å². The molecule has 1 saturated carbocycles. The van der Waals surface area contributed by atoms with Gasteiger partial charge in [-0.1, -0.05) is 37.3 Å². The Balaban J connectivity index is 1.54. The second kappa shape index (κ2) is 8.22. The highest BCUT2D eigenvalue weighted by Crippen LogP contribution is 2.55. The summed E-state index contributed by atoms with van der Waals surface area (Å²) in [6.45, 7) is 4.24. The lowest BCUT2D eigenvalue weighted by Crippen LogP contribution is -2.26. The second-order valence-electron chi connectivity index (χ2n) is 7.65. The van der Waals surface area contributed by atoms with Gasteiger partial charge in [-0.25, -0.2) is 14.4 Å². The molecule has 1 unspecified atom stereocenters. The van der Waals surface area contributed by atoms with Gasteiger partial charge in [-0.3, -0.25) is 4.79 Å². The molecule has 1 heterocycles. The van der Waals surface area contributed by atoms with Crippen LogP contribution in [0, 0.1) is 18.7 Å². The summed E-state index contributed by atoms with van der Waals surface area (Å²) in [7, 11) is 0. The first-order chi connectivity index (χ1) is 14.5. The van der Waals surface area contributed by atoms with E-state index in [1.54, 1.807) is 18.3 Å². The molecule has 3 aromatic rings. The minimum Gasteiger partial charge on any atom is -0.489 e. The van der Waals surface area contributed by atoms with E-state index in [9.17, 15) is 9.18 Å². The van der Waals surface area contributed by atoms with E-state index in [0.717, 1.165) is 17.7 Å². The van der Waals surface area contributed by atoms with Crippen molar-refractivity contribution in [1.82, 2.24) is 9.97 Å². The summed E-state index contributed by atoms with van der Waals surface area (Å²) >= 11 is 0. The molecule has 0 saturated heterocycles. The number of aromatic nitrogens is 2. The van der Waals surface area contributed by atoms with Crippen LogP contribution < -0.4 is 10.1 Å². The number of aryl methyl sites for hydroxylation is 2. The van der Waals surface area contributed by atoms with Crippen LogP contribution in [0.2, 0.25) is 0 Å². The van der Waals surface area contributed by atoms with Crippen molar-refractivity contribution >= 4 is 11.6 Å². The largest absolute Gasteiger partial charge is 0.489 e. The van der Waals surface area contributed by atoms with Gasteiger partial charge in [0.1, 0.15) is 11.6 Å². The standard InChI is InChI=1S/C24H24FN3O2/c1-3-21-22(14-26-16(2)27-21)30-15-24(17-7-5-4-6-8-17)13-20(24)23(29)28-19-11-9-18(25)10-12-19/h4-12,14,20H,3,13,15H2,1-2H3,(H,28,29)/t20?,24-/m1/s1. The summed E-state index contributed by atoms with van der Waals surface area (Å²) in [6.07, 6.45) is 3.12. The van der Waals surface area contributed by atoms with Crippen LogP contribution in [0.25, 0.3) is 0 Å². The van der Waals surface area contributed by atoms with E-state index in [-0.39, 0.29) is 17.6 Å². The summed E-state index contributed by atoms with van der Waals surface area (Å²) in [5.41, 5.74) is 2.09. The molecule has 0 bridgehead atoms. The van der Waals surface area contributed by atoms with Gasteiger partial charge in [0.15, 0.2) is 5.75 Å². The lowest BCUT2D eigenvalue weighted by Gasteiger charge is -2.20. The van der Waals surface area contributed by atoms with Crippen LogP contribution in [0.15, 0.2) is 60.8 Å². The summed E-state index contributed by atoms with van der Waals surface area (Å²) < 4.78 is 19.3. The van der Waals surface area contributed by atoms with E-state index in [4.69, 9.17) is 4.74 Å². The first-order valence-corrected chi connectivity index (χ1v) is 10.1. The molecular formula is C24H24FN3O2. The fourth-order valence-corrected chi connectivity index (χ4v) is 3.83. The van der Waals surface area contributed by atoms with E-state index in [0.29, 0.717) is 30.3 Å². The third kappa shape index (κ3) is 4.03. The highest BCUT2D eigenvalue weighted by molar-refractivity contribution is 5.96. The zero-order valence-electron chi connectivity index (χ0n) is 17.1. The second-order valence-corrected chi connectivity index (χ2v) is 7.65. The van der Waals surface area contributed by atoms with Gasteiger partial charge in [0.2, 0.25) is 5.91 Å². The Morgan fingerprint density at radius 3 is 2.63 bits per heavy atom. The predicted octanol–water partition coefficient (Wildman–Crippen LogP) is 4.46. The van der Waals surface area contributed by atoms with E-state index in [1.807, 2.05) is 44.2 Å². The van der Waals surface area contributed by atoms with Crippen molar-refractivity contribution in [1.29, 1.82) is 0 Å². The number of carbonyl (C=O) groups excluding carboxylic acids is 1. The molecule has 1 N–H and O–H groups in total. The number of hydrogen-bond donors (Lipinski definition) is 1. The topological polar surface area (TPSA) is 64.1 Å². The molecule has 1 aromatic heterocycles. The molecule has 0 radical (unpaired) electrons. The zero-order chi connectivity index (χ0) is 21.1. The molecule has 2 aromatic carbocycles. The molecule has 6 heteroatoms. The van der Waals surface area contributed by atoms with Crippen molar-refractivity contribution in [2.45, 2.75) is 32.1 Å². The van der Waals surface area contributed by atoms with Crippen LogP contribution in [0.1, 0.15) is 30.4 Å². The van der Waals surface area contributed by atoms with Crippen LogP contribution in [0.3, 0.4) is 0 Å². The number of halogens is 1. The molecule has 4 rings (SSSR count). The maximum Gasteiger partial charge on any atom is 0.228 e. The van der Waals surface area contributed by atoms with Gasteiger partial charge in [0.25, 0.3) is 0 Å². The van der Waals surface area contributed by atoms with E-state index >= 15 is 0 Å². The predicted molar refractivity (Wildman–Crippen MR) is 113 cm³/mol. The Morgan fingerprint density at radius 2 is 1.93 bits per heavy atom. The van der Waals surface area contributed by atoms with Crippen molar-refractivity contribution < 1.29 is 13.9 Å². The van der Waals surface area contributed by atoms with Gasteiger partial charge in [-0.05, 0) is 49.6 Å². The van der Waals surface area contributed by atoms with Gasteiger partial charge in [-0.2, -0.15) is 0 Å². The fourth-order valence-electron chi connectivity index (χ4n) is 3.83. The van der Waals surface area contributed by atoms with Crippen LogP contribution in [-0.2, 0) is 16.6 Å². The normalized spacial score (nSPS) is 19.9. The Morgan fingerprint density at radius 1 is 1.20 bits per heavy atom. The first kappa shape index (κ1) is 20.0. The highest BCUT2D eigenvalue weighted by Gasteiger charge is 2.60. The van der Waals surface area contributed by atoms with Crippen LogP contribution in [0.5, 0.6) is 5.75 Å². The van der Waals surface area contributed by atoms with Gasteiger partial charge >= 0.3 is 0 Å². The number of nitrogens with zero attached hydrogens (tertiary/aromatic N) is 2. The zero-order valence-corrected chi connectivity index (χ0v) is 17.1. The first-order valence-electron chi connectivity index (χ1n) is 10.1. The average Bonchev–Trinajstić information content (AvgIpc) is 3.51. The number of anilines is 1. The quantitative estimate of drug-likeness (QED) is 0.630. The number of carbonyl (C=O) groups is 1. The molecule has 1 aliphatic carbocycles. The van der Waals surface area contributed by atoms with Gasteiger partial charge in [0, 0.05) is 11.1 Å². The maximum absolute atomic E-state index is 13.1. The van der Waals surface area contributed by atoms with E-state index in [2.05, 4.69) is 15.3 Å². The minimum absolute atomic E-state index is 0.0927.